The Labute approximate surface area is 152 Å². The molecular weight excluding hydrogens is 370 g/mol. The van der Waals surface area contributed by atoms with Gasteiger partial charge < -0.3 is 20.1 Å². The summed E-state index contributed by atoms with van der Waals surface area (Å²) in [7, 11) is 0. The highest BCUT2D eigenvalue weighted by molar-refractivity contribution is 6.34. The van der Waals surface area contributed by atoms with Crippen molar-refractivity contribution in [3.63, 3.8) is 0 Å². The third-order valence-electron chi connectivity index (χ3n) is 3.77. The van der Waals surface area contributed by atoms with Gasteiger partial charge in [0.2, 0.25) is 5.91 Å². The molecule has 0 bridgehead atoms. The molecule has 1 fully saturated rings. The van der Waals surface area contributed by atoms with Gasteiger partial charge >= 0.3 is 5.97 Å². The standard InChI is InChI=1S/C15H16ClN3O7/c16-10-2-1-3-11(19(24)25)14(10)15(23)17-7-12(20)18-4-5-26-8-9(18)6-13(21)22/h1-3,9H,4-8H2,(H,17,23)(H,21,22). The number of morpholine rings is 1. The number of amides is 2. The van der Waals surface area contributed by atoms with E-state index in [1.54, 1.807) is 0 Å². The van der Waals surface area contributed by atoms with Crippen LogP contribution in [0.25, 0.3) is 0 Å². The van der Waals surface area contributed by atoms with Gasteiger partial charge in [-0.1, -0.05) is 17.7 Å². The SMILES string of the molecule is O=C(O)CC1COCCN1C(=O)CNC(=O)c1c(Cl)cccc1[N+](=O)[O-]. The van der Waals surface area contributed by atoms with Crippen LogP contribution in [-0.4, -0.2) is 65.1 Å². The van der Waals surface area contributed by atoms with Crippen LogP contribution in [0.3, 0.4) is 0 Å². The largest absolute Gasteiger partial charge is 0.481 e. The van der Waals surface area contributed by atoms with Crippen molar-refractivity contribution < 1.29 is 29.2 Å². The first kappa shape index (κ1) is 19.6. The van der Waals surface area contributed by atoms with E-state index < -0.39 is 41.0 Å². The zero-order chi connectivity index (χ0) is 19.3. The average molecular weight is 386 g/mol. The molecule has 1 aromatic rings. The zero-order valence-electron chi connectivity index (χ0n) is 13.5. The number of carboxylic acids is 1. The van der Waals surface area contributed by atoms with Crippen molar-refractivity contribution in [3.8, 4) is 0 Å². The van der Waals surface area contributed by atoms with E-state index in [9.17, 15) is 24.5 Å². The number of halogens is 1. The van der Waals surface area contributed by atoms with E-state index in [2.05, 4.69) is 5.32 Å². The van der Waals surface area contributed by atoms with Crippen molar-refractivity contribution >= 4 is 35.1 Å². The van der Waals surface area contributed by atoms with Gasteiger partial charge in [-0.25, -0.2) is 0 Å². The molecule has 2 rings (SSSR count). The van der Waals surface area contributed by atoms with Crippen LogP contribution in [0.5, 0.6) is 0 Å². The summed E-state index contributed by atoms with van der Waals surface area (Å²) in [4.78, 5) is 47.1. The Morgan fingerprint density at radius 3 is 2.81 bits per heavy atom. The molecule has 1 atom stereocenters. The van der Waals surface area contributed by atoms with Crippen LogP contribution in [0, 0.1) is 10.1 Å². The van der Waals surface area contributed by atoms with Gasteiger partial charge in [0, 0.05) is 12.6 Å². The highest BCUT2D eigenvalue weighted by Gasteiger charge is 2.30. The van der Waals surface area contributed by atoms with E-state index in [0.717, 1.165) is 6.07 Å². The molecule has 10 nitrogen and oxygen atoms in total. The number of aliphatic carboxylic acids is 1. The van der Waals surface area contributed by atoms with Crippen LogP contribution in [0.2, 0.25) is 5.02 Å². The lowest BCUT2D eigenvalue weighted by molar-refractivity contribution is -0.385. The Morgan fingerprint density at radius 1 is 1.42 bits per heavy atom. The lowest BCUT2D eigenvalue weighted by Crippen LogP contribution is -2.52. The molecule has 1 unspecified atom stereocenters. The quantitative estimate of drug-likeness (QED) is 0.542. The Balaban J connectivity index is 2.06. The number of carbonyl (C=O) groups excluding carboxylic acids is 2. The Hall–Kier alpha value is -2.72. The molecule has 11 heteroatoms. The second-order valence-corrected chi connectivity index (χ2v) is 5.89. The number of ether oxygens (including phenoxy) is 1. The number of carboxylic acid groups (broad SMARTS) is 1. The summed E-state index contributed by atoms with van der Waals surface area (Å²) in [6.07, 6.45) is -0.282. The lowest BCUT2D eigenvalue weighted by Gasteiger charge is -2.34. The topological polar surface area (TPSA) is 139 Å². The minimum atomic E-state index is -1.07. The van der Waals surface area contributed by atoms with Gasteiger partial charge in [0.15, 0.2) is 0 Å². The summed E-state index contributed by atoms with van der Waals surface area (Å²) < 4.78 is 5.18. The van der Waals surface area contributed by atoms with Gasteiger partial charge in [-0.15, -0.1) is 0 Å². The number of rotatable bonds is 6. The van der Waals surface area contributed by atoms with E-state index in [-0.39, 0.29) is 36.8 Å². The first-order chi connectivity index (χ1) is 12.3. The maximum absolute atomic E-state index is 12.3. The predicted molar refractivity (Wildman–Crippen MR) is 89.0 cm³/mol. The van der Waals surface area contributed by atoms with Crippen molar-refractivity contribution in [3.05, 3.63) is 38.9 Å². The molecule has 0 radical (unpaired) electrons. The van der Waals surface area contributed by atoms with Crippen molar-refractivity contribution in [2.24, 2.45) is 0 Å². The van der Waals surface area contributed by atoms with Crippen LogP contribution >= 0.6 is 11.6 Å². The van der Waals surface area contributed by atoms with Crippen LogP contribution < -0.4 is 5.32 Å². The molecule has 0 saturated carbocycles. The maximum Gasteiger partial charge on any atom is 0.305 e. The summed E-state index contributed by atoms with van der Waals surface area (Å²) in [5.74, 6) is -2.45. The van der Waals surface area contributed by atoms with Gasteiger partial charge in [-0.2, -0.15) is 0 Å². The minimum absolute atomic E-state index is 0.0853. The Morgan fingerprint density at radius 2 is 2.15 bits per heavy atom. The fourth-order valence-electron chi connectivity index (χ4n) is 2.59. The molecule has 1 saturated heterocycles. The number of hydrogen-bond donors (Lipinski definition) is 2. The van der Waals surface area contributed by atoms with Crippen molar-refractivity contribution in [2.75, 3.05) is 26.3 Å². The molecule has 1 heterocycles. The summed E-state index contributed by atoms with van der Waals surface area (Å²) in [5, 5.41) is 22.1. The summed E-state index contributed by atoms with van der Waals surface area (Å²) in [6.45, 7) is 0.0873. The second kappa shape index (κ2) is 8.59. The number of nitro groups is 1. The maximum atomic E-state index is 12.3. The Bertz CT molecular complexity index is 740. The number of hydrogen-bond acceptors (Lipinski definition) is 6. The molecule has 0 spiro atoms. The normalized spacial score (nSPS) is 16.8. The third kappa shape index (κ3) is 4.67. The van der Waals surface area contributed by atoms with E-state index >= 15 is 0 Å². The molecule has 0 aromatic heterocycles. The molecule has 2 amide bonds. The van der Waals surface area contributed by atoms with Crippen molar-refractivity contribution in [1.82, 2.24) is 10.2 Å². The number of benzene rings is 1. The van der Waals surface area contributed by atoms with Crippen LogP contribution in [0.4, 0.5) is 5.69 Å². The van der Waals surface area contributed by atoms with Crippen LogP contribution in [0.1, 0.15) is 16.8 Å². The van der Waals surface area contributed by atoms with E-state index in [0.29, 0.717) is 0 Å². The monoisotopic (exact) mass is 385 g/mol. The van der Waals surface area contributed by atoms with E-state index in [1.807, 2.05) is 0 Å². The zero-order valence-corrected chi connectivity index (χ0v) is 14.3. The lowest BCUT2D eigenvalue weighted by atomic mass is 10.1. The Kier molecular flexibility index (Phi) is 6.47. The van der Waals surface area contributed by atoms with Crippen molar-refractivity contribution in [1.29, 1.82) is 0 Å². The second-order valence-electron chi connectivity index (χ2n) is 5.49. The smallest absolute Gasteiger partial charge is 0.305 e. The molecule has 26 heavy (non-hydrogen) atoms. The van der Waals surface area contributed by atoms with Gasteiger partial charge in [-0.3, -0.25) is 24.5 Å². The van der Waals surface area contributed by atoms with Gasteiger partial charge in [0.25, 0.3) is 11.6 Å². The third-order valence-corrected chi connectivity index (χ3v) is 4.09. The minimum Gasteiger partial charge on any atom is -0.481 e. The van der Waals surface area contributed by atoms with Crippen LogP contribution in [-0.2, 0) is 14.3 Å². The molecule has 0 aliphatic carbocycles. The van der Waals surface area contributed by atoms with E-state index in [1.165, 1.54) is 17.0 Å². The van der Waals surface area contributed by atoms with Gasteiger partial charge in [0.1, 0.15) is 5.56 Å². The van der Waals surface area contributed by atoms with Crippen molar-refractivity contribution in [2.45, 2.75) is 12.5 Å². The number of nitro benzene ring substituents is 1. The number of nitrogens with zero attached hydrogens (tertiary/aromatic N) is 2. The van der Waals surface area contributed by atoms with E-state index in [4.69, 9.17) is 21.4 Å². The number of nitrogens with one attached hydrogen (secondary N) is 1. The molecule has 1 aromatic carbocycles. The summed E-state index contributed by atoms with van der Waals surface area (Å²) in [5.41, 5.74) is -0.811. The highest BCUT2D eigenvalue weighted by atomic mass is 35.5. The molecular formula is C15H16ClN3O7. The predicted octanol–water partition coefficient (Wildman–Crippen LogP) is 0.680. The molecule has 1 aliphatic heterocycles. The number of carbonyl (C=O) groups is 3. The van der Waals surface area contributed by atoms with Gasteiger partial charge in [-0.05, 0) is 6.07 Å². The summed E-state index contributed by atoms with van der Waals surface area (Å²) in [6, 6.07) is 3.16. The molecule has 2 N–H and O–H groups in total. The molecule has 1 aliphatic rings. The average Bonchev–Trinajstić information content (AvgIpc) is 2.59. The first-order valence-electron chi connectivity index (χ1n) is 7.61. The fourth-order valence-corrected chi connectivity index (χ4v) is 2.84. The summed E-state index contributed by atoms with van der Waals surface area (Å²) >= 11 is 5.87. The van der Waals surface area contributed by atoms with Gasteiger partial charge in [0.05, 0.1) is 42.2 Å². The highest BCUT2D eigenvalue weighted by Crippen LogP contribution is 2.25. The fraction of sp³-hybridized carbons (Fsp3) is 0.400. The molecule has 140 valence electrons. The first-order valence-corrected chi connectivity index (χ1v) is 7.99. The van der Waals surface area contributed by atoms with Crippen LogP contribution in [0.15, 0.2) is 18.2 Å².